The normalized spacial score (nSPS) is 14.7. The summed E-state index contributed by atoms with van der Waals surface area (Å²) >= 11 is 0. The van der Waals surface area contributed by atoms with Crippen LogP contribution in [-0.4, -0.2) is 37.7 Å². The second-order valence-corrected chi connectivity index (χ2v) is 8.02. The van der Waals surface area contributed by atoms with Crippen molar-refractivity contribution >= 4 is 11.8 Å². The zero-order valence-corrected chi connectivity index (χ0v) is 19.3. The van der Waals surface area contributed by atoms with Crippen molar-refractivity contribution in [2.75, 3.05) is 20.8 Å². The van der Waals surface area contributed by atoms with Crippen LogP contribution in [0.5, 0.6) is 28.7 Å². The van der Waals surface area contributed by atoms with Gasteiger partial charge in [0.15, 0.2) is 17.3 Å². The van der Waals surface area contributed by atoms with Crippen molar-refractivity contribution in [3.63, 3.8) is 0 Å². The molecule has 1 N–H and O–H groups in total. The summed E-state index contributed by atoms with van der Waals surface area (Å²) < 4.78 is 22.0. The number of phenols is 1. The number of phenolic OH excluding ortho intramolecular Hbond substituents is 1. The molecular formula is C27H26O7. The molecule has 1 atom stereocenters. The van der Waals surface area contributed by atoms with Crippen LogP contribution in [0, 0.1) is 0 Å². The Morgan fingerprint density at radius 1 is 1.03 bits per heavy atom. The maximum absolute atomic E-state index is 12.2. The lowest BCUT2D eigenvalue weighted by atomic mass is 9.84. The van der Waals surface area contributed by atoms with E-state index in [1.165, 1.54) is 13.0 Å². The Kier molecular flexibility index (Phi) is 6.72. The molecular weight excluding hydrogens is 436 g/mol. The zero-order chi connectivity index (χ0) is 24.2. The van der Waals surface area contributed by atoms with Gasteiger partial charge in [-0.3, -0.25) is 9.59 Å². The number of ketones is 1. The van der Waals surface area contributed by atoms with E-state index in [-0.39, 0.29) is 29.3 Å². The number of ether oxygens (including phenoxy) is 4. The van der Waals surface area contributed by atoms with E-state index in [0.29, 0.717) is 30.1 Å². The minimum absolute atomic E-state index is 0.0305. The number of fused-ring (bicyclic) bond motifs is 1. The first-order valence-electron chi connectivity index (χ1n) is 10.9. The summed E-state index contributed by atoms with van der Waals surface area (Å²) in [6.45, 7) is 1.83. The largest absolute Gasteiger partial charge is 0.507 e. The quantitative estimate of drug-likeness (QED) is 0.295. The first-order chi connectivity index (χ1) is 16.4. The third-order valence-corrected chi connectivity index (χ3v) is 5.90. The second-order valence-electron chi connectivity index (χ2n) is 8.02. The minimum Gasteiger partial charge on any atom is -0.507 e. The number of rotatable bonds is 8. The van der Waals surface area contributed by atoms with E-state index in [1.54, 1.807) is 32.4 Å². The highest BCUT2D eigenvalue weighted by molar-refractivity contribution is 5.98. The standard InChI is InChI=1S/C27H26O7/c1-16(28)20-9-11-23-26(27(20)30)21(15-25(29)34-23)18-6-10-22(24(14-18)32-3)33-13-12-17-4-7-19(31-2)8-5-17/h4-11,14,21,30H,12-13,15H2,1-3H3/t21-/m1/s1. The number of Topliss-reactive ketones (excluding diaryl/α,β-unsaturated/α-hetero) is 1. The Labute approximate surface area is 197 Å². The molecule has 7 heteroatoms. The molecule has 0 aliphatic carbocycles. The number of carbonyl (C=O) groups is 2. The average molecular weight is 462 g/mol. The first kappa shape index (κ1) is 23.2. The molecule has 0 radical (unpaired) electrons. The van der Waals surface area contributed by atoms with Gasteiger partial charge in [-0.2, -0.15) is 0 Å². The number of hydrogen-bond acceptors (Lipinski definition) is 7. The predicted octanol–water partition coefficient (Wildman–Crippen LogP) is 4.67. The van der Waals surface area contributed by atoms with Crippen LogP contribution < -0.4 is 18.9 Å². The molecule has 0 aromatic heterocycles. The summed E-state index contributed by atoms with van der Waals surface area (Å²) in [5.74, 6) is 0.800. The maximum Gasteiger partial charge on any atom is 0.312 e. The molecule has 0 fully saturated rings. The monoisotopic (exact) mass is 462 g/mol. The van der Waals surface area contributed by atoms with Crippen molar-refractivity contribution in [3.8, 4) is 28.7 Å². The number of carbonyl (C=O) groups excluding carboxylic acids is 2. The van der Waals surface area contributed by atoms with Crippen LogP contribution in [-0.2, 0) is 11.2 Å². The van der Waals surface area contributed by atoms with E-state index < -0.39 is 11.9 Å². The summed E-state index contributed by atoms with van der Waals surface area (Å²) in [5.41, 5.74) is 2.47. The molecule has 7 nitrogen and oxygen atoms in total. The fourth-order valence-corrected chi connectivity index (χ4v) is 4.11. The molecule has 0 unspecified atom stereocenters. The van der Waals surface area contributed by atoms with Crippen molar-refractivity contribution in [2.45, 2.75) is 25.7 Å². The van der Waals surface area contributed by atoms with Crippen LogP contribution >= 0.6 is 0 Å². The summed E-state index contributed by atoms with van der Waals surface area (Å²) in [6.07, 6.45) is 0.737. The molecule has 4 rings (SSSR count). The highest BCUT2D eigenvalue weighted by Gasteiger charge is 2.33. The number of methoxy groups -OCH3 is 2. The number of benzene rings is 3. The van der Waals surface area contributed by atoms with Gasteiger partial charge >= 0.3 is 5.97 Å². The van der Waals surface area contributed by atoms with Gasteiger partial charge in [-0.05, 0) is 54.4 Å². The lowest BCUT2D eigenvalue weighted by Crippen LogP contribution is -2.21. The van der Waals surface area contributed by atoms with Gasteiger partial charge in [-0.15, -0.1) is 0 Å². The van der Waals surface area contributed by atoms with Crippen molar-refractivity contribution in [1.82, 2.24) is 0 Å². The number of hydrogen-bond donors (Lipinski definition) is 1. The molecule has 3 aromatic carbocycles. The van der Waals surface area contributed by atoms with Crippen molar-refractivity contribution in [1.29, 1.82) is 0 Å². The van der Waals surface area contributed by atoms with Crippen LogP contribution in [0.1, 0.15) is 46.3 Å². The van der Waals surface area contributed by atoms with Crippen molar-refractivity contribution < 1.29 is 33.6 Å². The Balaban J connectivity index is 1.57. The third-order valence-electron chi connectivity index (χ3n) is 5.90. The van der Waals surface area contributed by atoms with Crippen LogP contribution in [0.2, 0.25) is 0 Å². The summed E-state index contributed by atoms with van der Waals surface area (Å²) in [7, 11) is 3.18. The van der Waals surface area contributed by atoms with Crippen LogP contribution in [0.25, 0.3) is 0 Å². The Hall–Kier alpha value is -4.00. The molecule has 0 saturated carbocycles. The van der Waals surface area contributed by atoms with Gasteiger partial charge < -0.3 is 24.1 Å². The van der Waals surface area contributed by atoms with Crippen LogP contribution in [0.15, 0.2) is 54.6 Å². The van der Waals surface area contributed by atoms with Gasteiger partial charge in [-0.1, -0.05) is 18.2 Å². The summed E-state index contributed by atoms with van der Waals surface area (Å²) in [5, 5.41) is 10.8. The minimum atomic E-state index is -0.488. The average Bonchev–Trinajstić information content (AvgIpc) is 2.84. The fraction of sp³-hybridized carbons (Fsp3) is 0.259. The van der Waals surface area contributed by atoms with Crippen molar-refractivity contribution in [2.24, 2.45) is 0 Å². The van der Waals surface area contributed by atoms with Crippen LogP contribution in [0.4, 0.5) is 0 Å². The van der Waals surface area contributed by atoms with Gasteiger partial charge in [0, 0.05) is 17.9 Å². The Morgan fingerprint density at radius 2 is 1.79 bits per heavy atom. The fourth-order valence-electron chi connectivity index (χ4n) is 4.11. The smallest absolute Gasteiger partial charge is 0.312 e. The van der Waals surface area contributed by atoms with E-state index >= 15 is 0 Å². The lowest BCUT2D eigenvalue weighted by molar-refractivity contribution is -0.135. The van der Waals surface area contributed by atoms with E-state index in [9.17, 15) is 14.7 Å². The van der Waals surface area contributed by atoms with Crippen molar-refractivity contribution in [3.05, 3.63) is 76.9 Å². The molecule has 0 amide bonds. The summed E-state index contributed by atoms with van der Waals surface area (Å²) in [6, 6.07) is 16.2. The predicted molar refractivity (Wildman–Crippen MR) is 125 cm³/mol. The van der Waals surface area contributed by atoms with Crippen LogP contribution in [0.3, 0.4) is 0 Å². The molecule has 0 bridgehead atoms. The second kappa shape index (κ2) is 9.87. The molecule has 1 heterocycles. The van der Waals surface area contributed by atoms with Gasteiger partial charge in [-0.25, -0.2) is 0 Å². The SMILES string of the molecule is COc1ccc(CCOc2ccc([C@H]3CC(=O)Oc4ccc(C(C)=O)c(O)c43)cc2OC)cc1. The molecule has 1 aliphatic heterocycles. The highest BCUT2D eigenvalue weighted by atomic mass is 16.5. The van der Waals surface area contributed by atoms with E-state index in [4.69, 9.17) is 18.9 Å². The number of aromatic hydroxyl groups is 1. The maximum atomic E-state index is 12.2. The molecule has 0 spiro atoms. The Morgan fingerprint density at radius 3 is 2.47 bits per heavy atom. The summed E-state index contributed by atoms with van der Waals surface area (Å²) in [4.78, 5) is 24.2. The molecule has 34 heavy (non-hydrogen) atoms. The lowest BCUT2D eigenvalue weighted by Gasteiger charge is -2.27. The molecule has 0 saturated heterocycles. The number of esters is 1. The molecule has 3 aromatic rings. The first-order valence-corrected chi connectivity index (χ1v) is 10.9. The molecule has 1 aliphatic rings. The zero-order valence-electron chi connectivity index (χ0n) is 19.3. The highest BCUT2D eigenvalue weighted by Crippen LogP contribution is 2.46. The van der Waals surface area contributed by atoms with Gasteiger partial charge in [0.05, 0.1) is 32.8 Å². The van der Waals surface area contributed by atoms with Gasteiger partial charge in [0.2, 0.25) is 0 Å². The van der Waals surface area contributed by atoms with E-state index in [1.807, 2.05) is 30.3 Å². The Bertz CT molecular complexity index is 1210. The topological polar surface area (TPSA) is 91.3 Å². The van der Waals surface area contributed by atoms with E-state index in [2.05, 4.69) is 0 Å². The van der Waals surface area contributed by atoms with Gasteiger partial charge in [0.1, 0.15) is 17.2 Å². The third kappa shape index (κ3) is 4.69. The molecule has 176 valence electrons. The van der Waals surface area contributed by atoms with E-state index in [0.717, 1.165) is 16.9 Å². The van der Waals surface area contributed by atoms with Gasteiger partial charge in [0.25, 0.3) is 0 Å².